The largest absolute Gasteiger partial charge is 0.472 e. The summed E-state index contributed by atoms with van der Waals surface area (Å²) in [4.78, 5) is 3.65. The zero-order valence-corrected chi connectivity index (χ0v) is 7.35. The van der Waals surface area contributed by atoms with E-state index in [9.17, 15) is 4.39 Å². The summed E-state index contributed by atoms with van der Waals surface area (Å²) in [6.45, 7) is 0. The van der Waals surface area contributed by atoms with Crippen LogP contribution in [0.4, 0.5) is 4.39 Å². The van der Waals surface area contributed by atoms with Crippen molar-refractivity contribution in [2.24, 2.45) is 5.73 Å². The predicted molar refractivity (Wildman–Crippen MR) is 48.9 cm³/mol. The fraction of sp³-hybridized carbons (Fsp3) is 0.100. The number of halogens is 1. The van der Waals surface area contributed by atoms with Crippen LogP contribution < -0.4 is 5.73 Å². The Kier molecular flexibility index (Phi) is 2.28. The average Bonchev–Trinajstić information content (AvgIpc) is 2.70. The number of nitrogens with two attached hydrogens (primary N) is 1. The lowest BCUT2D eigenvalue weighted by Crippen LogP contribution is -2.12. The summed E-state index contributed by atoms with van der Waals surface area (Å²) >= 11 is 0. The Labute approximate surface area is 80.4 Å². The van der Waals surface area contributed by atoms with E-state index in [2.05, 4.69) is 4.98 Å². The molecule has 0 aliphatic rings. The van der Waals surface area contributed by atoms with Gasteiger partial charge in [-0.05, 0) is 12.1 Å². The quantitative estimate of drug-likeness (QED) is 0.790. The maximum absolute atomic E-state index is 13.3. The van der Waals surface area contributed by atoms with Gasteiger partial charge in [-0.1, -0.05) is 0 Å². The molecule has 0 aliphatic carbocycles. The first-order valence-corrected chi connectivity index (χ1v) is 4.16. The van der Waals surface area contributed by atoms with E-state index in [1.807, 2.05) is 0 Å². The van der Waals surface area contributed by atoms with Gasteiger partial charge in [-0.25, -0.2) is 4.39 Å². The first-order valence-electron chi connectivity index (χ1n) is 4.16. The molecule has 2 N–H and O–H groups in total. The van der Waals surface area contributed by atoms with Crippen LogP contribution in [0.5, 0.6) is 0 Å². The van der Waals surface area contributed by atoms with Crippen molar-refractivity contribution in [3.05, 3.63) is 54.0 Å². The summed E-state index contributed by atoms with van der Waals surface area (Å²) < 4.78 is 18.1. The number of pyridine rings is 1. The van der Waals surface area contributed by atoms with Crippen molar-refractivity contribution in [2.75, 3.05) is 0 Å². The number of aromatic nitrogens is 1. The van der Waals surface area contributed by atoms with Crippen molar-refractivity contribution < 1.29 is 8.81 Å². The van der Waals surface area contributed by atoms with E-state index in [1.54, 1.807) is 12.1 Å². The van der Waals surface area contributed by atoms with Gasteiger partial charge in [-0.3, -0.25) is 4.98 Å². The van der Waals surface area contributed by atoms with E-state index in [-0.39, 0.29) is 0 Å². The Bertz CT molecular complexity index is 414. The number of furan rings is 1. The van der Waals surface area contributed by atoms with Crippen molar-refractivity contribution in [1.29, 1.82) is 0 Å². The van der Waals surface area contributed by atoms with Gasteiger partial charge in [-0.2, -0.15) is 0 Å². The molecule has 0 fully saturated rings. The molecule has 3 nitrogen and oxygen atoms in total. The molecule has 0 saturated heterocycles. The summed E-state index contributed by atoms with van der Waals surface area (Å²) in [7, 11) is 0. The lowest BCUT2D eigenvalue weighted by Gasteiger charge is -2.09. The highest BCUT2D eigenvalue weighted by Gasteiger charge is 2.13. The highest BCUT2D eigenvalue weighted by Crippen LogP contribution is 2.21. The van der Waals surface area contributed by atoms with E-state index >= 15 is 0 Å². The fourth-order valence-corrected chi connectivity index (χ4v) is 1.27. The van der Waals surface area contributed by atoms with Crippen molar-refractivity contribution >= 4 is 0 Å². The molecule has 0 aromatic carbocycles. The Hall–Kier alpha value is -1.68. The number of nitrogens with zero attached hydrogens (tertiary/aromatic N) is 1. The maximum atomic E-state index is 13.3. The van der Waals surface area contributed by atoms with Gasteiger partial charge in [0.2, 0.25) is 0 Å². The number of hydrogen-bond donors (Lipinski definition) is 1. The number of rotatable bonds is 2. The molecule has 0 saturated carbocycles. The fourth-order valence-electron chi connectivity index (χ4n) is 1.27. The molecule has 4 heteroatoms. The van der Waals surface area contributed by atoms with Gasteiger partial charge >= 0.3 is 0 Å². The van der Waals surface area contributed by atoms with Gasteiger partial charge in [0, 0.05) is 17.3 Å². The Morgan fingerprint density at radius 3 is 2.93 bits per heavy atom. The Balaban J connectivity index is 2.37. The zero-order chi connectivity index (χ0) is 9.97. The summed E-state index contributed by atoms with van der Waals surface area (Å²) in [6, 6.07) is 2.77. The van der Waals surface area contributed by atoms with Crippen LogP contribution in [0.3, 0.4) is 0 Å². The first kappa shape index (κ1) is 8.90. The van der Waals surface area contributed by atoms with Gasteiger partial charge in [0.1, 0.15) is 5.82 Å². The molecule has 1 atom stereocenters. The lowest BCUT2D eigenvalue weighted by atomic mass is 10.0. The van der Waals surface area contributed by atoms with Gasteiger partial charge < -0.3 is 10.2 Å². The summed E-state index contributed by atoms with van der Waals surface area (Å²) in [5.41, 5.74) is 7.00. The van der Waals surface area contributed by atoms with E-state index < -0.39 is 11.9 Å². The molecular formula is C10H9FN2O. The maximum Gasteiger partial charge on any atom is 0.146 e. The van der Waals surface area contributed by atoms with Crippen LogP contribution in [-0.2, 0) is 0 Å². The van der Waals surface area contributed by atoms with Crippen molar-refractivity contribution in [3.63, 3.8) is 0 Å². The molecule has 0 spiro atoms. The molecule has 0 amide bonds. The molecule has 1 unspecified atom stereocenters. The SMILES string of the molecule is NC(c1ccoc1)c1ccncc1F. The first-order chi connectivity index (χ1) is 6.79. The monoisotopic (exact) mass is 192 g/mol. The molecule has 0 aliphatic heterocycles. The van der Waals surface area contributed by atoms with Crippen LogP contribution in [0.2, 0.25) is 0 Å². The summed E-state index contributed by atoms with van der Waals surface area (Å²) in [6.07, 6.45) is 5.67. The van der Waals surface area contributed by atoms with E-state index in [0.717, 1.165) is 11.8 Å². The smallest absolute Gasteiger partial charge is 0.146 e. The van der Waals surface area contributed by atoms with Gasteiger partial charge in [0.25, 0.3) is 0 Å². The molecule has 0 radical (unpaired) electrons. The molecular weight excluding hydrogens is 183 g/mol. The zero-order valence-electron chi connectivity index (χ0n) is 7.35. The molecule has 2 rings (SSSR count). The predicted octanol–water partition coefficient (Wildman–Crippen LogP) is 1.86. The third-order valence-electron chi connectivity index (χ3n) is 2.04. The Morgan fingerprint density at radius 1 is 1.43 bits per heavy atom. The van der Waals surface area contributed by atoms with Crippen LogP contribution in [0.25, 0.3) is 0 Å². The minimum absolute atomic E-state index is 0.402. The molecule has 0 bridgehead atoms. The standard InChI is InChI=1S/C10H9FN2O/c11-9-5-13-3-1-8(9)10(12)7-2-4-14-6-7/h1-6,10H,12H2. The minimum Gasteiger partial charge on any atom is -0.472 e. The molecule has 72 valence electrons. The third-order valence-corrected chi connectivity index (χ3v) is 2.04. The second kappa shape index (κ2) is 3.59. The van der Waals surface area contributed by atoms with Crippen LogP contribution in [0.1, 0.15) is 17.2 Å². The van der Waals surface area contributed by atoms with Crippen molar-refractivity contribution in [2.45, 2.75) is 6.04 Å². The third kappa shape index (κ3) is 1.52. The van der Waals surface area contributed by atoms with Crippen LogP contribution >= 0.6 is 0 Å². The topological polar surface area (TPSA) is 52.0 Å². The highest BCUT2D eigenvalue weighted by atomic mass is 19.1. The normalized spacial score (nSPS) is 12.7. The summed E-state index contributed by atoms with van der Waals surface area (Å²) in [5.74, 6) is -0.402. The summed E-state index contributed by atoms with van der Waals surface area (Å²) in [5, 5.41) is 0. The van der Waals surface area contributed by atoms with Crippen molar-refractivity contribution in [1.82, 2.24) is 4.98 Å². The second-order valence-corrected chi connectivity index (χ2v) is 2.93. The van der Waals surface area contributed by atoms with Crippen LogP contribution in [0, 0.1) is 5.82 Å². The molecule has 14 heavy (non-hydrogen) atoms. The van der Waals surface area contributed by atoms with Crippen molar-refractivity contribution in [3.8, 4) is 0 Å². The second-order valence-electron chi connectivity index (χ2n) is 2.93. The molecule has 2 aromatic heterocycles. The van der Waals surface area contributed by atoms with E-state index in [4.69, 9.17) is 10.2 Å². The minimum atomic E-state index is -0.503. The van der Waals surface area contributed by atoms with E-state index in [1.165, 1.54) is 18.7 Å². The average molecular weight is 192 g/mol. The van der Waals surface area contributed by atoms with Crippen LogP contribution in [0.15, 0.2) is 41.5 Å². The number of hydrogen-bond acceptors (Lipinski definition) is 3. The van der Waals surface area contributed by atoms with Crippen LogP contribution in [-0.4, -0.2) is 4.98 Å². The van der Waals surface area contributed by atoms with Gasteiger partial charge in [0.05, 0.1) is 24.8 Å². The molecule has 2 aromatic rings. The lowest BCUT2D eigenvalue weighted by molar-refractivity contribution is 0.558. The van der Waals surface area contributed by atoms with E-state index in [0.29, 0.717) is 5.56 Å². The van der Waals surface area contributed by atoms with Gasteiger partial charge in [-0.15, -0.1) is 0 Å². The van der Waals surface area contributed by atoms with Gasteiger partial charge in [0.15, 0.2) is 0 Å². The highest BCUT2D eigenvalue weighted by molar-refractivity contribution is 5.28. The molecule has 2 heterocycles. The Morgan fingerprint density at radius 2 is 2.29 bits per heavy atom.